The van der Waals surface area contributed by atoms with Gasteiger partial charge in [-0.15, -0.1) is 0 Å². The van der Waals surface area contributed by atoms with Crippen molar-refractivity contribution in [1.82, 2.24) is 0 Å². The highest BCUT2D eigenvalue weighted by Crippen LogP contribution is 2.12. The maximum atomic E-state index is 12.2. The van der Waals surface area contributed by atoms with E-state index >= 15 is 0 Å². The Hall–Kier alpha value is -2.92. The van der Waals surface area contributed by atoms with Crippen molar-refractivity contribution in [3.63, 3.8) is 0 Å². The summed E-state index contributed by atoms with van der Waals surface area (Å²) in [5, 5.41) is 9.55. The molecular formula is C45H74O5. The molecule has 0 radical (unpaired) electrons. The van der Waals surface area contributed by atoms with E-state index in [0.717, 1.165) is 57.8 Å². The van der Waals surface area contributed by atoms with Crippen LogP contribution in [0.3, 0.4) is 0 Å². The fourth-order valence-electron chi connectivity index (χ4n) is 5.16. The maximum absolute atomic E-state index is 12.2. The third-order valence-corrected chi connectivity index (χ3v) is 8.19. The summed E-state index contributed by atoms with van der Waals surface area (Å²) in [6, 6.07) is 0. The average molecular weight is 695 g/mol. The first kappa shape index (κ1) is 47.1. The molecule has 5 nitrogen and oxygen atoms in total. The predicted molar refractivity (Wildman–Crippen MR) is 214 cm³/mol. The van der Waals surface area contributed by atoms with E-state index in [0.29, 0.717) is 12.8 Å². The van der Waals surface area contributed by atoms with Gasteiger partial charge >= 0.3 is 11.9 Å². The molecule has 0 saturated heterocycles. The minimum absolute atomic E-state index is 0.112. The van der Waals surface area contributed by atoms with Crippen molar-refractivity contribution in [3.05, 3.63) is 85.1 Å². The number of ether oxygens (including phenoxy) is 2. The van der Waals surface area contributed by atoms with E-state index in [2.05, 4.69) is 86.8 Å². The number of allylic oxidation sites excluding steroid dienone is 14. The van der Waals surface area contributed by atoms with E-state index in [4.69, 9.17) is 9.47 Å². The standard InChI is InChI=1S/C45H74O5/c1-3-5-7-9-11-13-15-17-19-21-22-24-25-27-29-31-33-35-37-39-44(47)49-42-43(41-46)50-45(48)40-38-36-34-32-30-28-26-23-20-18-16-14-12-10-8-6-4-2/h5,7,11,13,17-20,22,24,27,29,33,35,43,46H,3-4,6,8-10,12,14-16,21,23,25-26,28,30-32,34,36-42H2,1-2H3/b7-5-,13-11-,19-17-,20-18-,24-22-,29-27-,35-33-/t43-/m0/s1. The van der Waals surface area contributed by atoms with Gasteiger partial charge in [-0.3, -0.25) is 9.59 Å². The molecule has 50 heavy (non-hydrogen) atoms. The van der Waals surface area contributed by atoms with Crippen molar-refractivity contribution < 1.29 is 24.2 Å². The SMILES string of the molecule is CC/C=C\C/C=C\C/C=C\C/C=C\C/C=C\C/C=C\CCC(=O)OC[C@H](CO)OC(=O)CCCCCCCCC/C=C\CCCCCCCC. The topological polar surface area (TPSA) is 72.8 Å². The molecule has 1 atom stereocenters. The lowest BCUT2D eigenvalue weighted by atomic mass is 10.1. The van der Waals surface area contributed by atoms with Crippen LogP contribution in [-0.2, 0) is 19.1 Å². The van der Waals surface area contributed by atoms with Gasteiger partial charge in [-0.2, -0.15) is 0 Å². The van der Waals surface area contributed by atoms with Crippen molar-refractivity contribution >= 4 is 11.9 Å². The monoisotopic (exact) mass is 695 g/mol. The second kappa shape index (κ2) is 40.5. The summed E-state index contributed by atoms with van der Waals surface area (Å²) in [5.41, 5.74) is 0. The van der Waals surface area contributed by atoms with Gasteiger partial charge < -0.3 is 14.6 Å². The summed E-state index contributed by atoms with van der Waals surface area (Å²) in [6.07, 6.45) is 55.1. The summed E-state index contributed by atoms with van der Waals surface area (Å²) in [4.78, 5) is 24.2. The number of hydrogen-bond acceptors (Lipinski definition) is 5. The lowest BCUT2D eigenvalue weighted by molar-refractivity contribution is -0.161. The van der Waals surface area contributed by atoms with E-state index in [1.54, 1.807) is 0 Å². The van der Waals surface area contributed by atoms with Crippen LogP contribution in [0, 0.1) is 0 Å². The van der Waals surface area contributed by atoms with Crippen molar-refractivity contribution in [2.24, 2.45) is 0 Å². The van der Waals surface area contributed by atoms with E-state index in [1.165, 1.54) is 77.0 Å². The van der Waals surface area contributed by atoms with Crippen LogP contribution in [-0.4, -0.2) is 36.4 Å². The molecule has 0 aliphatic rings. The first-order valence-corrected chi connectivity index (χ1v) is 20.1. The van der Waals surface area contributed by atoms with Gasteiger partial charge in [-0.1, -0.05) is 163 Å². The van der Waals surface area contributed by atoms with Crippen LogP contribution in [0.2, 0.25) is 0 Å². The normalized spacial score (nSPS) is 13.1. The molecule has 0 heterocycles. The van der Waals surface area contributed by atoms with Gasteiger partial charge in [-0.05, 0) is 77.0 Å². The van der Waals surface area contributed by atoms with Gasteiger partial charge in [0.2, 0.25) is 0 Å². The Bertz CT molecular complexity index is 968. The minimum atomic E-state index is -0.808. The van der Waals surface area contributed by atoms with Gasteiger partial charge in [0.1, 0.15) is 6.61 Å². The van der Waals surface area contributed by atoms with E-state index in [-0.39, 0.29) is 31.6 Å². The predicted octanol–water partition coefficient (Wildman–Crippen LogP) is 12.7. The summed E-state index contributed by atoms with van der Waals surface area (Å²) >= 11 is 0. The molecule has 0 aromatic heterocycles. The first-order valence-electron chi connectivity index (χ1n) is 20.1. The number of aliphatic hydroxyl groups excluding tert-OH is 1. The molecular weight excluding hydrogens is 620 g/mol. The minimum Gasteiger partial charge on any atom is -0.462 e. The Kier molecular flexibility index (Phi) is 38.1. The fourth-order valence-corrected chi connectivity index (χ4v) is 5.16. The lowest BCUT2D eigenvalue weighted by Gasteiger charge is -2.15. The number of unbranched alkanes of at least 4 members (excludes halogenated alkanes) is 13. The molecule has 0 rings (SSSR count). The van der Waals surface area contributed by atoms with Crippen LogP contribution < -0.4 is 0 Å². The van der Waals surface area contributed by atoms with E-state index in [1.807, 2.05) is 12.2 Å². The Balaban J connectivity index is 3.71. The lowest BCUT2D eigenvalue weighted by Crippen LogP contribution is -2.28. The Morgan fingerprint density at radius 1 is 0.480 bits per heavy atom. The molecule has 0 aromatic carbocycles. The zero-order valence-corrected chi connectivity index (χ0v) is 32.1. The molecule has 0 aliphatic heterocycles. The third-order valence-electron chi connectivity index (χ3n) is 8.19. The number of aliphatic hydroxyl groups is 1. The molecule has 0 aromatic rings. The van der Waals surface area contributed by atoms with Gasteiger partial charge in [0, 0.05) is 12.8 Å². The second-order valence-electron chi connectivity index (χ2n) is 13.0. The van der Waals surface area contributed by atoms with Crippen LogP contribution in [0.1, 0.15) is 168 Å². The Labute approximate surface area is 307 Å². The van der Waals surface area contributed by atoms with Crippen molar-refractivity contribution in [2.75, 3.05) is 13.2 Å². The van der Waals surface area contributed by atoms with Crippen molar-refractivity contribution in [2.45, 2.75) is 174 Å². The highest BCUT2D eigenvalue weighted by molar-refractivity contribution is 5.70. The Morgan fingerprint density at radius 2 is 0.900 bits per heavy atom. The zero-order valence-electron chi connectivity index (χ0n) is 32.1. The second-order valence-corrected chi connectivity index (χ2v) is 13.0. The first-order chi connectivity index (χ1) is 24.6. The fraction of sp³-hybridized carbons (Fsp3) is 0.644. The summed E-state index contributed by atoms with van der Waals surface area (Å²) < 4.78 is 10.5. The van der Waals surface area contributed by atoms with Crippen molar-refractivity contribution in [1.29, 1.82) is 0 Å². The molecule has 0 amide bonds. The van der Waals surface area contributed by atoms with Gasteiger partial charge in [0.05, 0.1) is 6.61 Å². The van der Waals surface area contributed by atoms with Gasteiger partial charge in [-0.25, -0.2) is 0 Å². The molecule has 0 spiro atoms. The molecule has 1 N–H and O–H groups in total. The van der Waals surface area contributed by atoms with E-state index < -0.39 is 6.10 Å². The molecule has 284 valence electrons. The summed E-state index contributed by atoms with van der Waals surface area (Å²) in [6.45, 7) is 3.94. The number of hydrogen-bond donors (Lipinski definition) is 1. The largest absolute Gasteiger partial charge is 0.462 e. The number of carbonyl (C=O) groups is 2. The maximum Gasteiger partial charge on any atom is 0.306 e. The number of esters is 2. The molecule has 0 aliphatic carbocycles. The molecule has 0 bridgehead atoms. The van der Waals surface area contributed by atoms with Crippen LogP contribution >= 0.6 is 0 Å². The number of rotatable bonds is 35. The van der Waals surface area contributed by atoms with Crippen LogP contribution in [0.4, 0.5) is 0 Å². The average Bonchev–Trinajstić information content (AvgIpc) is 3.12. The van der Waals surface area contributed by atoms with Crippen LogP contribution in [0.15, 0.2) is 85.1 Å². The van der Waals surface area contributed by atoms with Crippen LogP contribution in [0.25, 0.3) is 0 Å². The summed E-state index contributed by atoms with van der Waals surface area (Å²) in [5.74, 6) is -0.700. The Morgan fingerprint density at radius 3 is 1.38 bits per heavy atom. The summed E-state index contributed by atoms with van der Waals surface area (Å²) in [7, 11) is 0. The highest BCUT2D eigenvalue weighted by Gasteiger charge is 2.15. The van der Waals surface area contributed by atoms with E-state index in [9.17, 15) is 14.7 Å². The van der Waals surface area contributed by atoms with Crippen molar-refractivity contribution in [3.8, 4) is 0 Å². The quantitative estimate of drug-likeness (QED) is 0.0406. The van der Waals surface area contributed by atoms with Gasteiger partial charge in [0.25, 0.3) is 0 Å². The zero-order chi connectivity index (χ0) is 36.4. The smallest absolute Gasteiger partial charge is 0.306 e. The highest BCUT2D eigenvalue weighted by atomic mass is 16.6. The van der Waals surface area contributed by atoms with Crippen LogP contribution in [0.5, 0.6) is 0 Å². The number of carbonyl (C=O) groups excluding carboxylic acids is 2. The molecule has 0 fully saturated rings. The molecule has 0 unspecified atom stereocenters. The third kappa shape index (κ3) is 37.9. The van der Waals surface area contributed by atoms with Gasteiger partial charge in [0.15, 0.2) is 6.10 Å². The molecule has 0 saturated carbocycles. The molecule has 5 heteroatoms.